The summed E-state index contributed by atoms with van der Waals surface area (Å²) >= 11 is 2.22. The Bertz CT molecular complexity index is 184. The molecule has 1 nitrogen and oxygen atoms in total. The van der Waals surface area contributed by atoms with Crippen molar-refractivity contribution < 1.29 is 0 Å². The maximum absolute atomic E-state index is 3.61. The fourth-order valence-electron chi connectivity index (χ4n) is 2.46. The molecule has 0 spiro atoms. The molecule has 0 saturated heterocycles. The van der Waals surface area contributed by atoms with E-state index in [0.29, 0.717) is 6.04 Å². The lowest BCUT2D eigenvalue weighted by Crippen LogP contribution is -2.35. The average Bonchev–Trinajstić information content (AvgIpc) is 2.25. The van der Waals surface area contributed by atoms with Crippen molar-refractivity contribution >= 4 is 11.8 Å². The quantitative estimate of drug-likeness (QED) is 0.754. The lowest BCUT2D eigenvalue weighted by atomic mass is 9.91. The Balaban J connectivity index is 2.23. The van der Waals surface area contributed by atoms with Gasteiger partial charge >= 0.3 is 0 Å². The zero-order valence-electron chi connectivity index (χ0n) is 11.5. The summed E-state index contributed by atoms with van der Waals surface area (Å²) in [6.45, 7) is 10.5. The molecular formula is C14H29NS. The Labute approximate surface area is 106 Å². The molecule has 4 atom stereocenters. The van der Waals surface area contributed by atoms with Crippen molar-refractivity contribution in [3.05, 3.63) is 0 Å². The minimum atomic E-state index is 0.655. The molecule has 1 aliphatic rings. The van der Waals surface area contributed by atoms with Crippen LogP contribution in [0, 0.1) is 5.92 Å². The highest BCUT2D eigenvalue weighted by atomic mass is 32.2. The first-order valence-electron chi connectivity index (χ1n) is 7.02. The molecule has 0 aromatic heterocycles. The van der Waals surface area contributed by atoms with Crippen molar-refractivity contribution in [1.29, 1.82) is 0 Å². The van der Waals surface area contributed by atoms with Gasteiger partial charge in [0.05, 0.1) is 0 Å². The standard InChI is InChI=1S/C14H29NS/c1-5-9-15-12(3)13(4)16-14-8-6-7-11(2)10-14/h11-15H,5-10H2,1-4H3. The molecule has 0 amide bonds. The van der Waals surface area contributed by atoms with Crippen LogP contribution < -0.4 is 5.32 Å². The van der Waals surface area contributed by atoms with Gasteiger partial charge in [0, 0.05) is 16.5 Å². The molecule has 1 aliphatic carbocycles. The van der Waals surface area contributed by atoms with Crippen LogP contribution in [0.15, 0.2) is 0 Å². The summed E-state index contributed by atoms with van der Waals surface area (Å²) in [5.74, 6) is 0.956. The molecule has 0 heterocycles. The molecule has 16 heavy (non-hydrogen) atoms. The summed E-state index contributed by atoms with van der Waals surface area (Å²) in [7, 11) is 0. The van der Waals surface area contributed by atoms with Crippen LogP contribution in [-0.4, -0.2) is 23.1 Å². The molecule has 96 valence electrons. The number of rotatable bonds is 6. The molecule has 0 aliphatic heterocycles. The van der Waals surface area contributed by atoms with Crippen LogP contribution in [0.3, 0.4) is 0 Å². The summed E-state index contributed by atoms with van der Waals surface area (Å²) < 4.78 is 0. The second-order valence-corrected chi connectivity index (χ2v) is 7.16. The van der Waals surface area contributed by atoms with Crippen LogP contribution >= 0.6 is 11.8 Å². The fourth-order valence-corrected chi connectivity index (χ4v) is 4.14. The molecule has 0 radical (unpaired) electrons. The highest BCUT2D eigenvalue weighted by molar-refractivity contribution is 8.00. The lowest BCUT2D eigenvalue weighted by Gasteiger charge is -2.30. The van der Waals surface area contributed by atoms with E-state index in [-0.39, 0.29) is 0 Å². The van der Waals surface area contributed by atoms with Crippen LogP contribution in [0.25, 0.3) is 0 Å². The van der Waals surface area contributed by atoms with Gasteiger partial charge in [0.1, 0.15) is 0 Å². The van der Waals surface area contributed by atoms with Crippen molar-refractivity contribution in [2.45, 2.75) is 76.3 Å². The lowest BCUT2D eigenvalue weighted by molar-refractivity contribution is 0.393. The zero-order chi connectivity index (χ0) is 12.0. The minimum absolute atomic E-state index is 0.655. The van der Waals surface area contributed by atoms with E-state index in [2.05, 4.69) is 44.8 Å². The molecule has 4 unspecified atom stereocenters. The summed E-state index contributed by atoms with van der Waals surface area (Å²) in [6, 6.07) is 0.655. The van der Waals surface area contributed by atoms with Gasteiger partial charge in [-0.3, -0.25) is 0 Å². The maximum atomic E-state index is 3.61. The molecule has 1 N–H and O–H groups in total. The van der Waals surface area contributed by atoms with Gasteiger partial charge in [-0.25, -0.2) is 0 Å². The van der Waals surface area contributed by atoms with Gasteiger partial charge in [-0.1, -0.05) is 33.6 Å². The van der Waals surface area contributed by atoms with Crippen LogP contribution in [0.1, 0.15) is 59.8 Å². The van der Waals surface area contributed by atoms with Gasteiger partial charge in [0.25, 0.3) is 0 Å². The molecule has 2 heteroatoms. The monoisotopic (exact) mass is 243 g/mol. The van der Waals surface area contributed by atoms with Crippen molar-refractivity contribution in [2.24, 2.45) is 5.92 Å². The van der Waals surface area contributed by atoms with Gasteiger partial charge in [-0.05, 0) is 38.6 Å². The predicted octanol–water partition coefficient (Wildman–Crippen LogP) is 4.07. The average molecular weight is 243 g/mol. The van der Waals surface area contributed by atoms with E-state index < -0.39 is 0 Å². The Morgan fingerprint density at radius 3 is 2.69 bits per heavy atom. The smallest absolute Gasteiger partial charge is 0.0173 e. The second kappa shape index (κ2) is 7.60. The highest BCUT2D eigenvalue weighted by Crippen LogP contribution is 2.34. The summed E-state index contributed by atoms with van der Waals surface area (Å²) in [5.41, 5.74) is 0. The largest absolute Gasteiger partial charge is 0.313 e. The van der Waals surface area contributed by atoms with Crippen LogP contribution in [0.2, 0.25) is 0 Å². The van der Waals surface area contributed by atoms with Gasteiger partial charge in [-0.2, -0.15) is 11.8 Å². The van der Waals surface area contributed by atoms with Crippen molar-refractivity contribution in [1.82, 2.24) is 5.32 Å². The van der Waals surface area contributed by atoms with Crippen molar-refractivity contribution in [3.63, 3.8) is 0 Å². The molecular weight excluding hydrogens is 214 g/mol. The Hall–Kier alpha value is 0.310. The first kappa shape index (κ1) is 14.4. The molecule has 0 aromatic carbocycles. The number of thioether (sulfide) groups is 1. The Kier molecular flexibility index (Phi) is 6.83. The van der Waals surface area contributed by atoms with Crippen LogP contribution in [-0.2, 0) is 0 Å². The van der Waals surface area contributed by atoms with Crippen LogP contribution in [0.4, 0.5) is 0 Å². The number of nitrogens with one attached hydrogen (secondary N) is 1. The third kappa shape index (κ3) is 5.09. The van der Waals surface area contributed by atoms with E-state index in [9.17, 15) is 0 Å². The second-order valence-electron chi connectivity index (χ2n) is 5.48. The van der Waals surface area contributed by atoms with Gasteiger partial charge in [-0.15, -0.1) is 0 Å². The Morgan fingerprint density at radius 1 is 1.31 bits per heavy atom. The van der Waals surface area contributed by atoms with E-state index >= 15 is 0 Å². The predicted molar refractivity (Wildman–Crippen MR) is 76.2 cm³/mol. The Morgan fingerprint density at radius 2 is 2.06 bits per heavy atom. The van der Waals surface area contributed by atoms with E-state index in [4.69, 9.17) is 0 Å². The third-order valence-electron chi connectivity index (χ3n) is 3.72. The fraction of sp³-hybridized carbons (Fsp3) is 1.00. The molecule has 1 rings (SSSR count). The summed E-state index contributed by atoms with van der Waals surface area (Å²) in [6.07, 6.45) is 7.02. The number of hydrogen-bond acceptors (Lipinski definition) is 2. The summed E-state index contributed by atoms with van der Waals surface area (Å²) in [5, 5.41) is 5.28. The molecule has 0 aromatic rings. The van der Waals surface area contributed by atoms with Crippen molar-refractivity contribution in [2.75, 3.05) is 6.54 Å². The van der Waals surface area contributed by atoms with Gasteiger partial charge < -0.3 is 5.32 Å². The topological polar surface area (TPSA) is 12.0 Å². The summed E-state index contributed by atoms with van der Waals surface area (Å²) in [4.78, 5) is 0. The number of hydrogen-bond donors (Lipinski definition) is 1. The SMILES string of the molecule is CCCNC(C)C(C)SC1CCCC(C)C1. The van der Waals surface area contributed by atoms with Gasteiger partial charge in [0.2, 0.25) is 0 Å². The normalized spacial score (nSPS) is 30.0. The van der Waals surface area contributed by atoms with E-state index in [1.54, 1.807) is 0 Å². The highest BCUT2D eigenvalue weighted by Gasteiger charge is 2.23. The van der Waals surface area contributed by atoms with E-state index in [0.717, 1.165) is 23.0 Å². The van der Waals surface area contributed by atoms with Crippen LogP contribution in [0.5, 0.6) is 0 Å². The molecule has 1 fully saturated rings. The van der Waals surface area contributed by atoms with Crippen molar-refractivity contribution in [3.8, 4) is 0 Å². The first-order chi connectivity index (χ1) is 7.63. The first-order valence-corrected chi connectivity index (χ1v) is 7.96. The maximum Gasteiger partial charge on any atom is 0.0173 e. The van der Waals surface area contributed by atoms with Gasteiger partial charge in [0.15, 0.2) is 0 Å². The van der Waals surface area contributed by atoms with E-state index in [1.165, 1.54) is 32.1 Å². The van der Waals surface area contributed by atoms with E-state index in [1.807, 2.05) is 0 Å². The molecule has 1 saturated carbocycles. The minimum Gasteiger partial charge on any atom is -0.313 e. The third-order valence-corrected chi connectivity index (χ3v) is 5.37. The zero-order valence-corrected chi connectivity index (χ0v) is 12.3. The molecule has 0 bridgehead atoms.